The maximum Gasteiger partial charge on any atom is 0.129 e. The van der Waals surface area contributed by atoms with Crippen LogP contribution in [0.5, 0.6) is 0 Å². The molecule has 2 atom stereocenters. The monoisotopic (exact) mass is 314 g/mol. The molecule has 100 valence electrons. The topological polar surface area (TPSA) is 20.2 Å². The molecule has 18 heavy (non-hydrogen) atoms. The highest BCUT2D eigenvalue weighted by atomic mass is 79.9. The Morgan fingerprint density at radius 2 is 2.00 bits per heavy atom. The van der Waals surface area contributed by atoms with Gasteiger partial charge in [-0.1, -0.05) is 36.7 Å². The smallest absolute Gasteiger partial charge is 0.129 e. The molecule has 0 amide bonds. The van der Waals surface area contributed by atoms with Gasteiger partial charge < -0.3 is 5.11 Å². The average molecular weight is 315 g/mol. The van der Waals surface area contributed by atoms with Gasteiger partial charge in [0, 0.05) is 10.0 Å². The summed E-state index contributed by atoms with van der Waals surface area (Å²) in [6.45, 7) is 6.41. The van der Waals surface area contributed by atoms with E-state index < -0.39 is 5.60 Å². The average Bonchev–Trinajstić information content (AvgIpc) is 2.17. The van der Waals surface area contributed by atoms with E-state index in [-0.39, 0.29) is 11.2 Å². The van der Waals surface area contributed by atoms with E-state index in [1.807, 2.05) is 0 Å². The Morgan fingerprint density at radius 3 is 2.61 bits per heavy atom. The minimum absolute atomic E-state index is 0.0428. The second-order valence-corrected chi connectivity index (χ2v) is 7.43. The van der Waals surface area contributed by atoms with E-state index in [9.17, 15) is 9.50 Å². The zero-order chi connectivity index (χ0) is 13.6. The summed E-state index contributed by atoms with van der Waals surface area (Å²) in [6.07, 6.45) is 2.31. The molecule has 3 heteroatoms. The summed E-state index contributed by atoms with van der Waals surface area (Å²) in [5.74, 6) is 0.0859. The van der Waals surface area contributed by atoms with Gasteiger partial charge in [-0.3, -0.25) is 0 Å². The minimum atomic E-state index is -1.05. The maximum absolute atomic E-state index is 14.0. The molecule has 0 aliphatic heterocycles. The van der Waals surface area contributed by atoms with Gasteiger partial charge in [0.25, 0.3) is 0 Å². The molecule has 0 heterocycles. The van der Waals surface area contributed by atoms with Gasteiger partial charge in [-0.15, -0.1) is 0 Å². The van der Waals surface area contributed by atoms with Gasteiger partial charge in [-0.25, -0.2) is 4.39 Å². The second-order valence-electron chi connectivity index (χ2n) is 6.51. The number of hydrogen-bond acceptors (Lipinski definition) is 1. The number of aliphatic hydroxyl groups is 1. The molecular formula is C15H20BrFO. The minimum Gasteiger partial charge on any atom is -0.385 e. The Morgan fingerprint density at radius 1 is 1.33 bits per heavy atom. The molecule has 1 aromatic carbocycles. The molecular weight excluding hydrogens is 295 g/mol. The van der Waals surface area contributed by atoms with Crippen LogP contribution in [0.2, 0.25) is 0 Å². The van der Waals surface area contributed by atoms with Gasteiger partial charge in [0.2, 0.25) is 0 Å². The Bertz CT molecular complexity index is 458. The van der Waals surface area contributed by atoms with Crippen molar-refractivity contribution in [3.8, 4) is 0 Å². The molecule has 1 aliphatic rings. The fourth-order valence-corrected chi connectivity index (χ4v) is 3.95. The Labute approximate surface area is 117 Å². The standard InChI is InChI=1S/C15H20BrFO/c1-10-7-14(2,3)9-15(18,8-10)12-6-11(16)4-5-13(12)17/h4-6,10,18H,7-9H2,1-3H3. The largest absolute Gasteiger partial charge is 0.385 e. The van der Waals surface area contributed by atoms with E-state index in [2.05, 4.69) is 36.7 Å². The quantitative estimate of drug-likeness (QED) is 0.801. The predicted octanol–water partition coefficient (Wildman–Crippen LogP) is 4.62. The van der Waals surface area contributed by atoms with Crippen molar-refractivity contribution in [3.63, 3.8) is 0 Å². The number of rotatable bonds is 1. The fraction of sp³-hybridized carbons (Fsp3) is 0.600. The van der Waals surface area contributed by atoms with Crippen molar-refractivity contribution in [1.29, 1.82) is 0 Å². The number of hydrogen-bond donors (Lipinski definition) is 1. The third-order valence-electron chi connectivity index (χ3n) is 3.79. The molecule has 0 spiro atoms. The molecule has 1 N–H and O–H groups in total. The van der Waals surface area contributed by atoms with Crippen molar-refractivity contribution in [3.05, 3.63) is 34.1 Å². The second kappa shape index (κ2) is 4.61. The zero-order valence-corrected chi connectivity index (χ0v) is 12.7. The summed E-state index contributed by atoms with van der Waals surface area (Å²) in [7, 11) is 0. The molecule has 1 nitrogen and oxygen atoms in total. The highest BCUT2D eigenvalue weighted by Gasteiger charge is 2.43. The number of halogens is 2. The van der Waals surface area contributed by atoms with E-state index in [1.165, 1.54) is 6.07 Å². The van der Waals surface area contributed by atoms with Crippen molar-refractivity contribution >= 4 is 15.9 Å². The van der Waals surface area contributed by atoms with Crippen LogP contribution in [0.15, 0.2) is 22.7 Å². The van der Waals surface area contributed by atoms with E-state index in [4.69, 9.17) is 0 Å². The van der Waals surface area contributed by atoms with Gasteiger partial charge >= 0.3 is 0 Å². The van der Waals surface area contributed by atoms with E-state index in [1.54, 1.807) is 12.1 Å². The van der Waals surface area contributed by atoms with Crippen LogP contribution in [-0.2, 0) is 5.60 Å². The van der Waals surface area contributed by atoms with Crippen LogP contribution in [0.1, 0.15) is 45.6 Å². The summed E-state index contributed by atoms with van der Waals surface area (Å²) in [5, 5.41) is 10.9. The van der Waals surface area contributed by atoms with Crippen LogP contribution in [0, 0.1) is 17.2 Å². The lowest BCUT2D eigenvalue weighted by molar-refractivity contribution is -0.0657. The normalized spacial score (nSPS) is 31.3. The molecule has 0 aromatic heterocycles. The Kier molecular flexibility index (Phi) is 3.58. The molecule has 1 aliphatic carbocycles. The van der Waals surface area contributed by atoms with Crippen molar-refractivity contribution in [1.82, 2.24) is 0 Å². The molecule has 1 fully saturated rings. The van der Waals surface area contributed by atoms with E-state index in [0.29, 0.717) is 24.3 Å². The Balaban J connectivity index is 2.43. The Hall–Kier alpha value is -0.410. The van der Waals surface area contributed by atoms with Gasteiger partial charge in [0.05, 0.1) is 5.60 Å². The molecule has 2 rings (SSSR count). The fourth-order valence-electron chi connectivity index (χ4n) is 3.59. The first-order valence-electron chi connectivity index (χ1n) is 6.40. The van der Waals surface area contributed by atoms with Crippen LogP contribution in [0.25, 0.3) is 0 Å². The SMILES string of the molecule is CC1CC(C)(C)CC(O)(c2cc(Br)ccc2F)C1. The summed E-state index contributed by atoms with van der Waals surface area (Å²) < 4.78 is 14.8. The predicted molar refractivity (Wildman–Crippen MR) is 74.8 cm³/mol. The van der Waals surface area contributed by atoms with Gasteiger partial charge in [0.15, 0.2) is 0 Å². The molecule has 0 radical (unpaired) electrons. The lowest BCUT2D eigenvalue weighted by atomic mass is 9.64. The van der Waals surface area contributed by atoms with E-state index in [0.717, 1.165) is 10.9 Å². The van der Waals surface area contributed by atoms with Crippen LogP contribution in [-0.4, -0.2) is 5.11 Å². The third-order valence-corrected chi connectivity index (χ3v) is 4.28. The summed E-state index contributed by atoms with van der Waals surface area (Å²) >= 11 is 3.35. The summed E-state index contributed by atoms with van der Waals surface area (Å²) in [4.78, 5) is 0. The van der Waals surface area contributed by atoms with E-state index >= 15 is 0 Å². The highest BCUT2D eigenvalue weighted by Crippen LogP contribution is 2.49. The third kappa shape index (κ3) is 2.77. The zero-order valence-electron chi connectivity index (χ0n) is 11.1. The van der Waals surface area contributed by atoms with Gasteiger partial charge in [-0.2, -0.15) is 0 Å². The van der Waals surface area contributed by atoms with Crippen LogP contribution in [0.4, 0.5) is 4.39 Å². The van der Waals surface area contributed by atoms with Crippen molar-refractivity contribution in [2.75, 3.05) is 0 Å². The molecule has 0 bridgehead atoms. The summed E-state index contributed by atoms with van der Waals surface area (Å²) in [6, 6.07) is 4.80. The number of benzene rings is 1. The first-order valence-corrected chi connectivity index (χ1v) is 7.19. The first kappa shape index (κ1) is 14.0. The molecule has 2 unspecified atom stereocenters. The maximum atomic E-state index is 14.0. The van der Waals surface area contributed by atoms with Gasteiger partial charge in [0.1, 0.15) is 5.82 Å². The van der Waals surface area contributed by atoms with Crippen molar-refractivity contribution in [2.24, 2.45) is 11.3 Å². The molecule has 1 aromatic rings. The summed E-state index contributed by atoms with van der Waals surface area (Å²) in [5.41, 5.74) is -0.576. The van der Waals surface area contributed by atoms with Crippen molar-refractivity contribution in [2.45, 2.75) is 45.6 Å². The van der Waals surface area contributed by atoms with Crippen LogP contribution in [0.3, 0.4) is 0 Å². The van der Waals surface area contributed by atoms with Gasteiger partial charge in [-0.05, 0) is 48.8 Å². The van der Waals surface area contributed by atoms with Crippen LogP contribution < -0.4 is 0 Å². The molecule has 0 saturated heterocycles. The first-order chi connectivity index (χ1) is 8.22. The van der Waals surface area contributed by atoms with Crippen molar-refractivity contribution < 1.29 is 9.50 Å². The lowest BCUT2D eigenvalue weighted by Crippen LogP contribution is -2.40. The molecule has 1 saturated carbocycles. The highest BCUT2D eigenvalue weighted by molar-refractivity contribution is 9.10. The lowest BCUT2D eigenvalue weighted by Gasteiger charge is -2.45. The van der Waals surface area contributed by atoms with Crippen LogP contribution >= 0.6 is 15.9 Å².